The van der Waals surface area contributed by atoms with Crippen LogP contribution < -0.4 is 5.32 Å². The lowest BCUT2D eigenvalue weighted by Gasteiger charge is -2.38. The smallest absolute Gasteiger partial charge is 0.152 e. The molecule has 2 rings (SSSR count). The molecule has 5 heteroatoms. The van der Waals surface area contributed by atoms with Crippen LogP contribution in [0.4, 0.5) is 0 Å². The molecule has 0 aliphatic heterocycles. The molecule has 0 spiro atoms. The summed E-state index contributed by atoms with van der Waals surface area (Å²) in [6.07, 6.45) is 1.78. The fourth-order valence-electron chi connectivity index (χ4n) is 1.76. The van der Waals surface area contributed by atoms with Crippen LogP contribution in [0.3, 0.4) is 0 Å². The number of nitrogens with one attached hydrogen (secondary N) is 2. The van der Waals surface area contributed by atoms with Gasteiger partial charge in [0, 0.05) is 17.6 Å². The van der Waals surface area contributed by atoms with Crippen LogP contribution in [0.5, 0.6) is 0 Å². The summed E-state index contributed by atoms with van der Waals surface area (Å²) >= 11 is 0. The Morgan fingerprint density at radius 3 is 2.55 bits per heavy atom. The molecule has 2 aromatic heterocycles. The zero-order chi connectivity index (χ0) is 15.0. The fourth-order valence-corrected chi connectivity index (χ4v) is 1.76. The maximum absolute atomic E-state index is 10.2. The van der Waals surface area contributed by atoms with Gasteiger partial charge in [-0.05, 0) is 46.8 Å². The zero-order valence-corrected chi connectivity index (χ0v) is 12.7. The normalized spacial score (nSPS) is 12.9. The molecule has 2 heterocycles. The van der Waals surface area contributed by atoms with E-state index in [-0.39, 0.29) is 0 Å². The number of H-pyrrole nitrogens is 1. The molecule has 0 aliphatic rings. The average Bonchev–Trinajstić information content (AvgIpc) is 2.93. The van der Waals surface area contributed by atoms with Crippen LogP contribution in [-0.4, -0.2) is 26.4 Å². The molecule has 2 aromatic rings. The lowest BCUT2D eigenvalue weighted by Crippen LogP contribution is -2.55. The summed E-state index contributed by atoms with van der Waals surface area (Å²) in [6, 6.07) is 3.85. The third kappa shape index (κ3) is 2.94. The van der Waals surface area contributed by atoms with Crippen LogP contribution in [0, 0.1) is 6.92 Å². The second-order valence-corrected chi connectivity index (χ2v) is 6.22. The standard InChI is InChI=1S/C15H23N3O2/c1-10-6-7-12(20-10)13-11(9-17-18-13)8-16-14(2,3)15(4,5)19/h6-7,9,16,19H,8H2,1-5H3,(H,17,18). The summed E-state index contributed by atoms with van der Waals surface area (Å²) in [4.78, 5) is 0. The van der Waals surface area contributed by atoms with Crippen molar-refractivity contribution in [3.8, 4) is 11.5 Å². The van der Waals surface area contributed by atoms with Gasteiger partial charge in [-0.3, -0.25) is 5.10 Å². The third-order valence-corrected chi connectivity index (χ3v) is 3.95. The van der Waals surface area contributed by atoms with Crippen molar-refractivity contribution in [3.05, 3.63) is 29.7 Å². The minimum absolute atomic E-state index is 0.416. The van der Waals surface area contributed by atoms with Crippen LogP contribution in [0.2, 0.25) is 0 Å². The average molecular weight is 277 g/mol. The van der Waals surface area contributed by atoms with Crippen molar-refractivity contribution >= 4 is 0 Å². The van der Waals surface area contributed by atoms with Crippen molar-refractivity contribution in [1.29, 1.82) is 0 Å². The molecule has 0 atom stereocenters. The molecule has 110 valence electrons. The van der Waals surface area contributed by atoms with Crippen molar-refractivity contribution in [2.75, 3.05) is 0 Å². The van der Waals surface area contributed by atoms with E-state index < -0.39 is 11.1 Å². The van der Waals surface area contributed by atoms with Crippen LogP contribution in [0.15, 0.2) is 22.7 Å². The van der Waals surface area contributed by atoms with Gasteiger partial charge in [0.25, 0.3) is 0 Å². The number of hydrogen-bond acceptors (Lipinski definition) is 4. The molecule has 0 radical (unpaired) electrons. The predicted molar refractivity (Wildman–Crippen MR) is 78.2 cm³/mol. The summed E-state index contributed by atoms with van der Waals surface area (Å²) in [6.45, 7) is 10.1. The van der Waals surface area contributed by atoms with Gasteiger partial charge >= 0.3 is 0 Å². The molecular formula is C15H23N3O2. The first kappa shape index (κ1) is 14.8. The van der Waals surface area contributed by atoms with Crippen LogP contribution in [0.1, 0.15) is 39.0 Å². The monoisotopic (exact) mass is 277 g/mol. The molecule has 0 amide bonds. The lowest BCUT2D eigenvalue weighted by molar-refractivity contribution is -0.00530. The molecule has 5 nitrogen and oxygen atoms in total. The number of rotatable bonds is 5. The van der Waals surface area contributed by atoms with Crippen molar-refractivity contribution in [3.63, 3.8) is 0 Å². The van der Waals surface area contributed by atoms with Crippen LogP contribution in [-0.2, 0) is 6.54 Å². The Morgan fingerprint density at radius 1 is 1.30 bits per heavy atom. The number of aryl methyl sites for hydroxylation is 1. The van der Waals surface area contributed by atoms with Gasteiger partial charge < -0.3 is 14.8 Å². The Morgan fingerprint density at radius 2 is 2.00 bits per heavy atom. The zero-order valence-electron chi connectivity index (χ0n) is 12.7. The van der Waals surface area contributed by atoms with E-state index in [9.17, 15) is 5.11 Å². The number of aliphatic hydroxyl groups is 1. The Hall–Kier alpha value is -1.59. The van der Waals surface area contributed by atoms with Gasteiger partial charge in [-0.2, -0.15) is 5.10 Å². The van der Waals surface area contributed by atoms with Crippen LogP contribution in [0.25, 0.3) is 11.5 Å². The van der Waals surface area contributed by atoms with Crippen molar-refractivity contribution in [1.82, 2.24) is 15.5 Å². The van der Waals surface area contributed by atoms with Gasteiger partial charge in [0.15, 0.2) is 5.76 Å². The molecule has 0 saturated heterocycles. The van der Waals surface area contributed by atoms with E-state index in [1.165, 1.54) is 0 Å². The molecule has 0 fully saturated rings. The minimum Gasteiger partial charge on any atom is -0.460 e. The van der Waals surface area contributed by atoms with Gasteiger partial charge in [-0.15, -0.1) is 0 Å². The number of aromatic amines is 1. The Labute approximate surface area is 119 Å². The fraction of sp³-hybridized carbons (Fsp3) is 0.533. The van der Waals surface area contributed by atoms with E-state index >= 15 is 0 Å². The van der Waals surface area contributed by atoms with Crippen molar-refractivity contribution in [2.24, 2.45) is 0 Å². The molecule has 0 aromatic carbocycles. The number of nitrogens with zero attached hydrogens (tertiary/aromatic N) is 1. The van der Waals surface area contributed by atoms with Crippen molar-refractivity contribution < 1.29 is 9.52 Å². The highest BCUT2D eigenvalue weighted by molar-refractivity contribution is 5.56. The summed E-state index contributed by atoms with van der Waals surface area (Å²) in [5.74, 6) is 1.64. The molecular weight excluding hydrogens is 254 g/mol. The van der Waals surface area contributed by atoms with E-state index in [2.05, 4.69) is 15.5 Å². The SMILES string of the molecule is Cc1ccc(-c2[nH]ncc2CNC(C)(C)C(C)(C)O)o1. The Kier molecular flexibility index (Phi) is 3.75. The number of hydrogen-bond donors (Lipinski definition) is 3. The first-order valence-corrected chi connectivity index (χ1v) is 6.77. The topological polar surface area (TPSA) is 74.1 Å². The number of furan rings is 1. The predicted octanol–water partition coefficient (Wildman–Crippen LogP) is 2.62. The summed E-state index contributed by atoms with van der Waals surface area (Å²) < 4.78 is 5.62. The molecule has 0 bridgehead atoms. The van der Waals surface area contributed by atoms with Crippen molar-refractivity contribution in [2.45, 2.75) is 52.3 Å². The van der Waals surface area contributed by atoms with E-state index in [1.54, 1.807) is 20.0 Å². The maximum atomic E-state index is 10.2. The van der Waals surface area contributed by atoms with E-state index in [0.29, 0.717) is 6.54 Å². The number of aromatic nitrogens is 2. The third-order valence-electron chi connectivity index (χ3n) is 3.95. The molecule has 0 saturated carbocycles. The van der Waals surface area contributed by atoms with Gasteiger partial charge in [-0.1, -0.05) is 0 Å². The van der Waals surface area contributed by atoms with Gasteiger partial charge in [0.2, 0.25) is 0 Å². The quantitative estimate of drug-likeness (QED) is 0.785. The largest absolute Gasteiger partial charge is 0.460 e. The maximum Gasteiger partial charge on any atom is 0.152 e. The van der Waals surface area contributed by atoms with E-state index in [1.807, 2.05) is 32.9 Å². The van der Waals surface area contributed by atoms with Gasteiger partial charge in [0.05, 0.1) is 11.8 Å². The second-order valence-electron chi connectivity index (χ2n) is 6.22. The highest BCUT2D eigenvalue weighted by atomic mass is 16.3. The first-order chi connectivity index (χ1) is 9.21. The summed E-state index contributed by atoms with van der Waals surface area (Å²) in [7, 11) is 0. The lowest BCUT2D eigenvalue weighted by atomic mass is 9.86. The van der Waals surface area contributed by atoms with Crippen LogP contribution >= 0.6 is 0 Å². The molecule has 3 N–H and O–H groups in total. The highest BCUT2D eigenvalue weighted by Crippen LogP contribution is 2.25. The Bertz CT molecular complexity index is 576. The van der Waals surface area contributed by atoms with E-state index in [0.717, 1.165) is 22.8 Å². The molecule has 20 heavy (non-hydrogen) atoms. The molecule has 0 aliphatic carbocycles. The van der Waals surface area contributed by atoms with Gasteiger partial charge in [0.1, 0.15) is 11.5 Å². The Balaban J connectivity index is 2.14. The minimum atomic E-state index is -0.821. The second kappa shape index (κ2) is 5.07. The summed E-state index contributed by atoms with van der Waals surface area (Å²) in [5, 5.41) is 20.6. The highest BCUT2D eigenvalue weighted by Gasteiger charge is 2.34. The van der Waals surface area contributed by atoms with Gasteiger partial charge in [-0.25, -0.2) is 0 Å². The first-order valence-electron chi connectivity index (χ1n) is 6.77. The molecule has 0 unspecified atom stereocenters. The summed E-state index contributed by atoms with van der Waals surface area (Å²) in [5.41, 5.74) is 0.646. The van der Waals surface area contributed by atoms with E-state index in [4.69, 9.17) is 4.42 Å².